The molecule has 1 atom stereocenters. The standard InChI is InChI=1S/C25H30N6O2/c1-4-33-22-8-10-28-24-23(22)31(25(32)29-24)18-5-6-20-19(14-18)21(7-9-27-20)30-12-11-26-17(15-30)13-16(2)3/h5-10,14,16-17,26H,4,11-13,15H2,1-3H3,(H,28,29,32). The number of nitrogens with one attached hydrogen (secondary N) is 2. The third kappa shape index (κ3) is 4.06. The van der Waals surface area contributed by atoms with E-state index in [2.05, 4.69) is 51.1 Å². The minimum absolute atomic E-state index is 0.242. The summed E-state index contributed by atoms with van der Waals surface area (Å²) in [6.07, 6.45) is 4.66. The van der Waals surface area contributed by atoms with E-state index in [-0.39, 0.29) is 5.69 Å². The van der Waals surface area contributed by atoms with Crippen LogP contribution in [-0.2, 0) is 0 Å². The number of piperazine rings is 1. The first-order valence-electron chi connectivity index (χ1n) is 11.6. The second-order valence-electron chi connectivity index (χ2n) is 8.96. The van der Waals surface area contributed by atoms with Gasteiger partial charge in [0.25, 0.3) is 0 Å². The van der Waals surface area contributed by atoms with Gasteiger partial charge in [0.05, 0.1) is 17.8 Å². The molecule has 4 heterocycles. The number of nitrogens with zero attached hydrogens (tertiary/aromatic N) is 4. The molecule has 172 valence electrons. The zero-order valence-electron chi connectivity index (χ0n) is 19.3. The maximum absolute atomic E-state index is 12.9. The van der Waals surface area contributed by atoms with E-state index in [1.165, 1.54) is 0 Å². The molecule has 1 aliphatic heterocycles. The Hall–Kier alpha value is -3.39. The van der Waals surface area contributed by atoms with Crippen molar-refractivity contribution in [3.05, 3.63) is 53.2 Å². The second kappa shape index (κ2) is 8.86. The molecule has 33 heavy (non-hydrogen) atoms. The van der Waals surface area contributed by atoms with Crippen LogP contribution in [0.1, 0.15) is 27.2 Å². The summed E-state index contributed by atoms with van der Waals surface area (Å²) in [6.45, 7) is 9.79. The molecular weight excluding hydrogens is 416 g/mol. The molecule has 3 aromatic heterocycles. The summed E-state index contributed by atoms with van der Waals surface area (Å²) in [7, 11) is 0. The molecule has 0 saturated carbocycles. The molecule has 0 aliphatic carbocycles. The van der Waals surface area contributed by atoms with Gasteiger partial charge in [-0.1, -0.05) is 13.8 Å². The van der Waals surface area contributed by atoms with Crippen LogP contribution in [0.2, 0.25) is 0 Å². The first-order chi connectivity index (χ1) is 16.0. The number of anilines is 1. The SMILES string of the molecule is CCOc1ccnc2[nH]c(=O)n(-c3ccc4nccc(N5CCNC(CC(C)C)C5)c4c3)c12. The van der Waals surface area contributed by atoms with E-state index in [9.17, 15) is 4.79 Å². The van der Waals surface area contributed by atoms with Crippen LogP contribution in [0.5, 0.6) is 5.75 Å². The van der Waals surface area contributed by atoms with Crippen molar-refractivity contribution in [1.29, 1.82) is 0 Å². The van der Waals surface area contributed by atoms with Gasteiger partial charge in [0.1, 0.15) is 11.3 Å². The molecule has 0 amide bonds. The lowest BCUT2D eigenvalue weighted by molar-refractivity contribution is 0.343. The smallest absolute Gasteiger partial charge is 0.332 e. The molecule has 4 aromatic rings. The molecule has 8 nitrogen and oxygen atoms in total. The van der Waals surface area contributed by atoms with Gasteiger partial charge in [-0.05, 0) is 43.5 Å². The average molecular weight is 447 g/mol. The summed E-state index contributed by atoms with van der Waals surface area (Å²) in [6, 6.07) is 10.3. The number of rotatable bonds is 6. The number of benzene rings is 1. The zero-order chi connectivity index (χ0) is 22.9. The van der Waals surface area contributed by atoms with Crippen molar-refractivity contribution < 1.29 is 4.74 Å². The van der Waals surface area contributed by atoms with Crippen molar-refractivity contribution in [3.8, 4) is 11.4 Å². The topological polar surface area (TPSA) is 88.1 Å². The molecule has 0 radical (unpaired) electrons. The molecule has 0 bridgehead atoms. The number of imidazole rings is 1. The molecule has 1 saturated heterocycles. The molecule has 1 fully saturated rings. The Labute approximate surface area is 192 Å². The van der Waals surface area contributed by atoms with Crippen molar-refractivity contribution in [2.45, 2.75) is 33.2 Å². The van der Waals surface area contributed by atoms with Crippen molar-refractivity contribution >= 4 is 27.8 Å². The number of aromatic amines is 1. The largest absolute Gasteiger partial charge is 0.491 e. The highest BCUT2D eigenvalue weighted by Crippen LogP contribution is 2.30. The lowest BCUT2D eigenvalue weighted by atomic mass is 10.0. The Kier molecular flexibility index (Phi) is 5.76. The number of hydrogen-bond acceptors (Lipinski definition) is 6. The van der Waals surface area contributed by atoms with Gasteiger partial charge < -0.3 is 15.0 Å². The van der Waals surface area contributed by atoms with Crippen LogP contribution in [0.3, 0.4) is 0 Å². The fraction of sp³-hybridized carbons (Fsp3) is 0.400. The first-order valence-corrected chi connectivity index (χ1v) is 11.6. The predicted octanol–water partition coefficient (Wildman–Crippen LogP) is 3.49. The number of pyridine rings is 2. The minimum Gasteiger partial charge on any atom is -0.491 e. The Bertz CT molecular complexity index is 1340. The molecular formula is C25H30N6O2. The van der Waals surface area contributed by atoms with Crippen LogP contribution in [0.25, 0.3) is 27.8 Å². The molecule has 8 heteroatoms. The van der Waals surface area contributed by atoms with E-state index >= 15 is 0 Å². The van der Waals surface area contributed by atoms with E-state index < -0.39 is 0 Å². The maximum Gasteiger partial charge on any atom is 0.332 e. The van der Waals surface area contributed by atoms with Gasteiger partial charge in [0.15, 0.2) is 5.65 Å². The average Bonchev–Trinajstić information content (AvgIpc) is 3.15. The second-order valence-corrected chi connectivity index (χ2v) is 8.96. The first kappa shape index (κ1) is 21.5. The van der Waals surface area contributed by atoms with Gasteiger partial charge in [0.2, 0.25) is 0 Å². The lowest BCUT2D eigenvalue weighted by Crippen LogP contribution is -2.51. The summed E-state index contributed by atoms with van der Waals surface area (Å²) >= 11 is 0. The van der Waals surface area contributed by atoms with Gasteiger partial charge >= 0.3 is 5.69 Å². The third-order valence-electron chi connectivity index (χ3n) is 6.15. The summed E-state index contributed by atoms with van der Waals surface area (Å²) < 4.78 is 7.44. The van der Waals surface area contributed by atoms with Crippen LogP contribution in [-0.4, -0.2) is 51.8 Å². The number of ether oxygens (including phenoxy) is 1. The normalized spacial score (nSPS) is 16.7. The number of fused-ring (bicyclic) bond motifs is 2. The van der Waals surface area contributed by atoms with Gasteiger partial charge in [-0.15, -0.1) is 0 Å². The quantitative estimate of drug-likeness (QED) is 0.471. The Balaban J connectivity index is 1.62. The summed E-state index contributed by atoms with van der Waals surface area (Å²) in [5, 5.41) is 4.68. The van der Waals surface area contributed by atoms with Crippen molar-refractivity contribution in [3.63, 3.8) is 0 Å². The fourth-order valence-electron chi connectivity index (χ4n) is 4.83. The highest BCUT2D eigenvalue weighted by molar-refractivity contribution is 5.93. The van der Waals surface area contributed by atoms with E-state index in [1.807, 2.05) is 25.3 Å². The summed E-state index contributed by atoms with van der Waals surface area (Å²) in [5.74, 6) is 1.27. The monoisotopic (exact) mass is 446 g/mol. The molecule has 5 rings (SSSR count). The third-order valence-corrected chi connectivity index (χ3v) is 6.15. The summed E-state index contributed by atoms with van der Waals surface area (Å²) in [5.41, 5.74) is 3.73. The molecule has 2 N–H and O–H groups in total. The van der Waals surface area contributed by atoms with Crippen LogP contribution in [0.4, 0.5) is 5.69 Å². The van der Waals surface area contributed by atoms with Crippen LogP contribution in [0.15, 0.2) is 47.5 Å². The van der Waals surface area contributed by atoms with Crippen molar-refractivity contribution in [1.82, 2.24) is 24.8 Å². The number of aromatic nitrogens is 4. The van der Waals surface area contributed by atoms with Crippen LogP contribution < -0.4 is 20.6 Å². The van der Waals surface area contributed by atoms with Crippen molar-refractivity contribution in [2.24, 2.45) is 5.92 Å². The van der Waals surface area contributed by atoms with Gasteiger partial charge in [-0.2, -0.15) is 0 Å². The maximum atomic E-state index is 12.9. The van der Waals surface area contributed by atoms with E-state index in [0.29, 0.717) is 35.5 Å². The highest BCUT2D eigenvalue weighted by atomic mass is 16.5. The van der Waals surface area contributed by atoms with E-state index in [1.54, 1.807) is 16.8 Å². The molecule has 1 aromatic carbocycles. The van der Waals surface area contributed by atoms with Gasteiger partial charge in [0, 0.05) is 55.2 Å². The zero-order valence-corrected chi connectivity index (χ0v) is 19.3. The van der Waals surface area contributed by atoms with Crippen molar-refractivity contribution in [2.75, 3.05) is 31.1 Å². The predicted molar refractivity (Wildman–Crippen MR) is 132 cm³/mol. The van der Waals surface area contributed by atoms with Crippen LogP contribution in [0, 0.1) is 5.92 Å². The molecule has 1 unspecified atom stereocenters. The van der Waals surface area contributed by atoms with E-state index in [4.69, 9.17) is 4.74 Å². The Morgan fingerprint density at radius 2 is 2.03 bits per heavy atom. The highest BCUT2D eigenvalue weighted by Gasteiger charge is 2.22. The van der Waals surface area contributed by atoms with Gasteiger partial charge in [-0.25, -0.2) is 9.78 Å². The summed E-state index contributed by atoms with van der Waals surface area (Å²) in [4.78, 5) is 27.1. The number of hydrogen-bond donors (Lipinski definition) is 2. The Morgan fingerprint density at radius 1 is 1.18 bits per heavy atom. The molecule has 1 aliphatic rings. The van der Waals surface area contributed by atoms with E-state index in [0.717, 1.165) is 48.3 Å². The number of H-pyrrole nitrogens is 1. The minimum atomic E-state index is -0.242. The Morgan fingerprint density at radius 3 is 2.85 bits per heavy atom. The molecule has 0 spiro atoms. The van der Waals surface area contributed by atoms with Crippen LogP contribution >= 0.6 is 0 Å². The lowest BCUT2D eigenvalue weighted by Gasteiger charge is -2.36. The fourth-order valence-corrected chi connectivity index (χ4v) is 4.83. The van der Waals surface area contributed by atoms with Gasteiger partial charge in [-0.3, -0.25) is 14.5 Å².